The van der Waals surface area contributed by atoms with Crippen LogP contribution < -0.4 is 10.2 Å². The van der Waals surface area contributed by atoms with Crippen molar-refractivity contribution in [3.8, 4) is 5.75 Å². The summed E-state index contributed by atoms with van der Waals surface area (Å²) in [6.07, 6.45) is 1.63. The molecule has 0 N–H and O–H groups in total. The van der Waals surface area contributed by atoms with Crippen molar-refractivity contribution in [1.82, 2.24) is 4.98 Å². The zero-order chi connectivity index (χ0) is 13.7. The van der Waals surface area contributed by atoms with Gasteiger partial charge in [0.15, 0.2) is 0 Å². The quantitative estimate of drug-likeness (QED) is 0.263. The molecule has 1 aromatic carbocycles. The first-order valence-electron chi connectivity index (χ1n) is 5.65. The number of benzene rings is 1. The Bertz CT molecular complexity index is 637. The van der Waals surface area contributed by atoms with E-state index >= 15 is 0 Å². The Morgan fingerprint density at radius 2 is 1.64 bits per heavy atom. The molecule has 0 fully saturated rings. The Balaban J connectivity index is 0. The fourth-order valence-corrected chi connectivity index (χ4v) is 1.45. The molecule has 0 unspecified atom stereocenters. The molecular weight excluding hydrogens is 514 g/mol. The number of hydrogen-bond donors (Lipinski definition) is 0. The minimum absolute atomic E-state index is 0. The van der Waals surface area contributed by atoms with Gasteiger partial charge in [-0.25, -0.2) is 0 Å². The summed E-state index contributed by atoms with van der Waals surface area (Å²) in [7, 11) is 0. The molecule has 5 nitrogen and oxygen atoms in total. The molecule has 2 rings (SSSR count). The second-order valence-electron chi connectivity index (χ2n) is 3.80. The number of rotatable bonds is 3. The van der Waals surface area contributed by atoms with Crippen molar-refractivity contribution in [2.75, 3.05) is 0 Å². The van der Waals surface area contributed by atoms with Gasteiger partial charge < -0.3 is 10.2 Å². The van der Waals surface area contributed by atoms with Gasteiger partial charge in [0, 0.05) is 12.1 Å². The van der Waals surface area contributed by atoms with E-state index < -0.39 is 5.90 Å². The predicted molar refractivity (Wildman–Crippen MR) is 83.4 cm³/mol. The molecule has 0 saturated heterocycles. The van der Waals surface area contributed by atoms with Gasteiger partial charge in [-0.05, 0) is 24.6 Å². The number of pyridine rings is 1. The summed E-state index contributed by atoms with van der Waals surface area (Å²) < 4.78 is 0. The van der Waals surface area contributed by atoms with Crippen LogP contribution in [0.5, 0.6) is 5.75 Å². The Labute approximate surface area is 161 Å². The van der Waals surface area contributed by atoms with Crippen LogP contribution in [-0.4, -0.2) is 16.6 Å². The van der Waals surface area contributed by atoms with Gasteiger partial charge in [-0.1, -0.05) is 30.3 Å². The number of nitrogens with zero attached hydrogens (tertiary/aromatic N) is 3. The Hall–Kier alpha value is -1.17. The third kappa shape index (κ3) is 6.29. The van der Waals surface area contributed by atoms with Gasteiger partial charge in [0.1, 0.15) is 0 Å². The first-order chi connectivity index (χ1) is 9.18. The largest absolute Gasteiger partial charge is 2.00 e. The SMILES string of the molecule is C/C(=N\N=C(/[O-])c1ccccc1[O-])c1ccccn1.Cl.Cl.[Hg+2]. The van der Waals surface area contributed by atoms with Crippen molar-refractivity contribution in [2.24, 2.45) is 10.2 Å². The summed E-state index contributed by atoms with van der Waals surface area (Å²) in [6.45, 7) is 1.70. The van der Waals surface area contributed by atoms with Crippen molar-refractivity contribution >= 4 is 36.4 Å². The average Bonchev–Trinajstić information content (AvgIpc) is 2.46. The van der Waals surface area contributed by atoms with Crippen molar-refractivity contribution in [2.45, 2.75) is 6.92 Å². The van der Waals surface area contributed by atoms with Crippen LogP contribution in [0.4, 0.5) is 0 Å². The van der Waals surface area contributed by atoms with E-state index in [0.29, 0.717) is 11.4 Å². The molecule has 0 radical (unpaired) electrons. The van der Waals surface area contributed by atoms with Gasteiger partial charge in [0.25, 0.3) is 0 Å². The number of hydrogen-bond acceptors (Lipinski definition) is 5. The molecule has 22 heavy (non-hydrogen) atoms. The van der Waals surface area contributed by atoms with Crippen LogP contribution in [-0.2, 0) is 27.7 Å². The van der Waals surface area contributed by atoms with Crippen LogP contribution in [0.15, 0.2) is 58.9 Å². The fraction of sp³-hybridized carbons (Fsp3) is 0.0714. The maximum atomic E-state index is 11.7. The van der Waals surface area contributed by atoms with E-state index in [1.54, 1.807) is 37.4 Å². The standard InChI is InChI=1S/C14H13N3O2.2ClH.Hg/c1-10(12-7-4-5-9-15-12)16-17-14(19)11-6-2-3-8-13(11)18;;;/h2-9,18H,1H3,(H,17,19);2*1H;/q;;;+2/p-2/b16-10+;;;. The maximum Gasteiger partial charge on any atom is 2.00 e. The third-order valence-corrected chi connectivity index (χ3v) is 2.44. The number of para-hydroxylation sites is 1. The van der Waals surface area contributed by atoms with E-state index in [9.17, 15) is 10.2 Å². The van der Waals surface area contributed by atoms with Gasteiger partial charge in [-0.2, -0.15) is 10.2 Å². The Morgan fingerprint density at radius 1 is 1.00 bits per heavy atom. The summed E-state index contributed by atoms with van der Waals surface area (Å²) in [4.78, 5) is 4.08. The van der Waals surface area contributed by atoms with E-state index in [2.05, 4.69) is 15.2 Å². The maximum absolute atomic E-state index is 11.7. The molecule has 0 amide bonds. The van der Waals surface area contributed by atoms with E-state index in [0.717, 1.165) is 0 Å². The van der Waals surface area contributed by atoms with Crippen LogP contribution >= 0.6 is 24.8 Å². The summed E-state index contributed by atoms with van der Waals surface area (Å²) in [5.74, 6) is -1.01. The third-order valence-electron chi connectivity index (χ3n) is 2.44. The predicted octanol–water partition coefficient (Wildman–Crippen LogP) is 1.53. The summed E-state index contributed by atoms with van der Waals surface area (Å²) in [5.41, 5.74) is 1.16. The normalized spacial score (nSPS) is 10.8. The number of halogens is 2. The zero-order valence-electron chi connectivity index (χ0n) is 11.8. The zero-order valence-corrected chi connectivity index (χ0v) is 18.9. The molecule has 0 bridgehead atoms. The molecule has 1 aromatic heterocycles. The Kier molecular flexibility index (Phi) is 12.0. The molecule has 0 aliphatic carbocycles. The van der Waals surface area contributed by atoms with Crippen LogP contribution in [0, 0.1) is 0 Å². The fourth-order valence-electron chi connectivity index (χ4n) is 1.45. The molecule has 1 heterocycles. The van der Waals surface area contributed by atoms with Gasteiger partial charge in [0.05, 0.1) is 11.4 Å². The minimum Gasteiger partial charge on any atom is -0.872 e. The molecule has 0 atom stereocenters. The van der Waals surface area contributed by atoms with Crippen molar-refractivity contribution < 1.29 is 37.9 Å². The summed E-state index contributed by atoms with van der Waals surface area (Å²) >= 11 is 0. The first-order valence-corrected chi connectivity index (χ1v) is 5.65. The summed E-state index contributed by atoms with van der Waals surface area (Å²) in [5, 5.41) is 30.5. The van der Waals surface area contributed by atoms with Crippen LogP contribution in [0.25, 0.3) is 0 Å². The van der Waals surface area contributed by atoms with Crippen LogP contribution in [0.2, 0.25) is 0 Å². The van der Waals surface area contributed by atoms with E-state index in [-0.39, 0.29) is 63.8 Å². The van der Waals surface area contributed by atoms with Crippen molar-refractivity contribution in [3.05, 3.63) is 59.9 Å². The molecule has 0 spiro atoms. The smallest absolute Gasteiger partial charge is 0.872 e. The molecule has 8 heteroatoms. The first kappa shape index (κ1) is 23.1. The van der Waals surface area contributed by atoms with E-state index in [4.69, 9.17) is 0 Å². The molecule has 0 saturated carbocycles. The van der Waals surface area contributed by atoms with E-state index in [1.165, 1.54) is 12.1 Å². The molecule has 2 aromatic rings. The number of aromatic nitrogens is 1. The summed E-state index contributed by atoms with van der Waals surface area (Å²) in [6, 6.07) is 11.3. The van der Waals surface area contributed by atoms with Crippen molar-refractivity contribution in [3.63, 3.8) is 0 Å². The second kappa shape index (κ2) is 11.4. The molecule has 0 aliphatic rings. The molecule has 112 valence electrons. The van der Waals surface area contributed by atoms with Gasteiger partial charge in [0.2, 0.25) is 0 Å². The van der Waals surface area contributed by atoms with Gasteiger partial charge in [-0.15, -0.1) is 30.6 Å². The monoisotopic (exact) mass is 527 g/mol. The Morgan fingerprint density at radius 3 is 2.23 bits per heavy atom. The van der Waals surface area contributed by atoms with Gasteiger partial charge >= 0.3 is 27.7 Å². The second-order valence-corrected chi connectivity index (χ2v) is 3.80. The topological polar surface area (TPSA) is 83.7 Å². The van der Waals surface area contributed by atoms with Gasteiger partial charge in [-0.3, -0.25) is 4.98 Å². The molecular formula is C14H13Cl2HgN3O2. The van der Waals surface area contributed by atoms with Crippen LogP contribution in [0.3, 0.4) is 0 Å². The minimum atomic E-state index is -0.652. The molecule has 0 aliphatic heterocycles. The van der Waals surface area contributed by atoms with E-state index in [1.807, 2.05) is 6.07 Å². The van der Waals surface area contributed by atoms with Crippen LogP contribution in [0.1, 0.15) is 18.2 Å². The average molecular weight is 527 g/mol. The van der Waals surface area contributed by atoms with Crippen molar-refractivity contribution in [1.29, 1.82) is 0 Å².